The molecular weight excluding hydrogens is 352 g/mol. The summed E-state index contributed by atoms with van der Waals surface area (Å²) in [7, 11) is 12.9. The molecule has 2 aromatic rings. The molecule has 1 aliphatic rings. The third-order valence-corrected chi connectivity index (χ3v) is 4.99. The fraction of sp³-hybridized carbons (Fsp3) is 0.478. The molecule has 0 fully saturated rings. The van der Waals surface area contributed by atoms with Gasteiger partial charge in [0.05, 0.1) is 42.3 Å². The average Bonchev–Trinajstić information content (AvgIpc) is 2.85. The van der Waals surface area contributed by atoms with Crippen molar-refractivity contribution in [2.24, 2.45) is 0 Å². The molecule has 152 valence electrons. The van der Waals surface area contributed by atoms with Crippen molar-refractivity contribution in [2.45, 2.75) is 6.10 Å². The van der Waals surface area contributed by atoms with Crippen molar-refractivity contribution >= 4 is 0 Å². The molecule has 1 unspecified atom stereocenters. The van der Waals surface area contributed by atoms with Crippen LogP contribution in [0.4, 0.5) is 0 Å². The molecule has 1 N–H and O–H groups in total. The Hall–Kier alpha value is -2.08. The molecule has 0 saturated heterocycles. The second-order valence-electron chi connectivity index (χ2n) is 9.63. The monoisotopic (exact) mass is 386 g/mol. The minimum absolute atomic E-state index is 0.618. The average molecular weight is 387 g/mol. The summed E-state index contributed by atoms with van der Waals surface area (Å²) in [5.41, 5.74) is 3.93. The minimum atomic E-state index is -0.618. The Balaban J connectivity index is 1.74. The summed E-state index contributed by atoms with van der Waals surface area (Å²) in [6.07, 6.45) is -0.618. The highest BCUT2D eigenvalue weighted by molar-refractivity contribution is 5.79. The number of hydrogen-bond donors (Lipinski definition) is 1. The topological polar surface area (TPSA) is 38.7 Å². The highest BCUT2D eigenvalue weighted by Crippen LogP contribution is 2.45. The highest BCUT2D eigenvalue weighted by atomic mass is 16.5. The van der Waals surface area contributed by atoms with Crippen LogP contribution in [-0.2, 0) is 0 Å². The van der Waals surface area contributed by atoms with Gasteiger partial charge in [-0.15, -0.1) is 0 Å². The van der Waals surface area contributed by atoms with Crippen molar-refractivity contribution in [3.05, 3.63) is 47.5 Å². The zero-order chi connectivity index (χ0) is 20.5. The molecule has 2 aromatic carbocycles. The van der Waals surface area contributed by atoms with Crippen LogP contribution in [0, 0.1) is 0 Å². The summed E-state index contributed by atoms with van der Waals surface area (Å²) < 4.78 is 13.6. The number of likely N-dealkylation sites (N-methyl/N-ethyl adjacent to an activating group) is 2. The summed E-state index contributed by atoms with van der Waals surface area (Å²) in [6.45, 7) is 3.17. The van der Waals surface area contributed by atoms with Gasteiger partial charge in [-0.1, -0.05) is 12.1 Å². The molecule has 0 heterocycles. The summed E-state index contributed by atoms with van der Waals surface area (Å²) >= 11 is 0. The van der Waals surface area contributed by atoms with Gasteiger partial charge in [-0.25, -0.2) is 0 Å². The van der Waals surface area contributed by atoms with Crippen LogP contribution in [0.5, 0.6) is 11.5 Å². The van der Waals surface area contributed by atoms with Gasteiger partial charge in [0.15, 0.2) is 0 Å². The number of ether oxygens (including phenoxy) is 2. The van der Waals surface area contributed by atoms with Gasteiger partial charge in [0.25, 0.3) is 0 Å². The molecule has 3 rings (SSSR count). The van der Waals surface area contributed by atoms with Crippen molar-refractivity contribution in [1.82, 2.24) is 0 Å². The second kappa shape index (κ2) is 7.74. The maximum Gasteiger partial charge on any atom is 0.137 e. The number of fused-ring (bicyclic) bond motifs is 3. The van der Waals surface area contributed by atoms with Gasteiger partial charge < -0.3 is 23.5 Å². The van der Waals surface area contributed by atoms with Gasteiger partial charge in [0, 0.05) is 0 Å². The van der Waals surface area contributed by atoms with Gasteiger partial charge in [-0.3, -0.25) is 0 Å². The Morgan fingerprint density at radius 3 is 1.82 bits per heavy atom. The number of nitrogens with zero attached hydrogens (tertiary/aromatic N) is 2. The van der Waals surface area contributed by atoms with Crippen LogP contribution in [0.2, 0.25) is 0 Å². The lowest BCUT2D eigenvalue weighted by Crippen LogP contribution is -2.38. The molecule has 5 heteroatoms. The Kier molecular flexibility index (Phi) is 5.71. The predicted molar refractivity (Wildman–Crippen MR) is 113 cm³/mol. The lowest BCUT2D eigenvalue weighted by Gasteiger charge is -2.23. The van der Waals surface area contributed by atoms with E-state index in [-0.39, 0.29) is 0 Å². The lowest BCUT2D eigenvalue weighted by molar-refractivity contribution is -0.870. The number of rotatable bonds is 8. The second-order valence-corrected chi connectivity index (χ2v) is 9.63. The largest absolute Gasteiger partial charge is 0.488 e. The van der Waals surface area contributed by atoms with Crippen LogP contribution in [0.15, 0.2) is 36.4 Å². The first kappa shape index (κ1) is 20.6. The zero-order valence-corrected chi connectivity index (χ0v) is 18.0. The Bertz CT molecular complexity index is 835. The van der Waals surface area contributed by atoms with Crippen LogP contribution in [0.25, 0.3) is 11.1 Å². The van der Waals surface area contributed by atoms with Gasteiger partial charge in [0.2, 0.25) is 0 Å². The molecule has 0 spiro atoms. The normalized spacial score (nSPS) is 15.9. The first-order valence-corrected chi connectivity index (χ1v) is 9.86. The summed E-state index contributed by atoms with van der Waals surface area (Å²) in [4.78, 5) is 0. The van der Waals surface area contributed by atoms with Crippen molar-refractivity contribution in [2.75, 3.05) is 68.6 Å². The molecule has 1 aliphatic carbocycles. The first-order chi connectivity index (χ1) is 13.0. The van der Waals surface area contributed by atoms with E-state index >= 15 is 0 Å². The number of quaternary nitrogens is 2. The van der Waals surface area contributed by atoms with Gasteiger partial charge in [-0.2, -0.15) is 0 Å². The maximum absolute atomic E-state index is 10.8. The highest BCUT2D eigenvalue weighted by Gasteiger charge is 2.28. The standard InChI is InChI=1S/C23H34N2O3/c1-24(2,3)11-13-27-17-8-10-20-21(15-17)19-9-7-18(16-22(19)23(20)26)28-14-12-25(4,5)6/h7-10,15-16,23,26H,11-14H2,1-6H3/q+2. The van der Waals surface area contributed by atoms with Gasteiger partial charge in [-0.05, 0) is 46.5 Å². The molecule has 0 aromatic heterocycles. The number of aliphatic hydroxyl groups is 1. The van der Waals surface area contributed by atoms with Crippen LogP contribution in [0.3, 0.4) is 0 Å². The van der Waals surface area contributed by atoms with E-state index in [0.29, 0.717) is 13.2 Å². The molecule has 0 bridgehead atoms. The van der Waals surface area contributed by atoms with E-state index < -0.39 is 6.10 Å². The molecular formula is C23H34N2O3+2. The third kappa shape index (κ3) is 5.04. The van der Waals surface area contributed by atoms with Crippen molar-refractivity contribution in [3.63, 3.8) is 0 Å². The van der Waals surface area contributed by atoms with Crippen molar-refractivity contribution in [1.29, 1.82) is 0 Å². The number of hydrogen-bond acceptors (Lipinski definition) is 3. The number of aliphatic hydroxyl groups excluding tert-OH is 1. The fourth-order valence-corrected chi connectivity index (χ4v) is 3.24. The molecule has 28 heavy (non-hydrogen) atoms. The van der Waals surface area contributed by atoms with E-state index in [2.05, 4.69) is 42.3 Å². The number of benzene rings is 2. The smallest absolute Gasteiger partial charge is 0.137 e. The summed E-state index contributed by atoms with van der Waals surface area (Å²) in [5, 5.41) is 10.8. The van der Waals surface area contributed by atoms with Crippen LogP contribution >= 0.6 is 0 Å². The molecule has 0 radical (unpaired) electrons. The van der Waals surface area contributed by atoms with Crippen molar-refractivity contribution < 1.29 is 23.5 Å². The third-order valence-electron chi connectivity index (χ3n) is 4.99. The van der Waals surface area contributed by atoms with Gasteiger partial charge in [0.1, 0.15) is 43.9 Å². The summed E-state index contributed by atoms with van der Waals surface area (Å²) in [6, 6.07) is 12.0. The lowest BCUT2D eigenvalue weighted by atomic mass is 10.1. The molecule has 0 saturated carbocycles. The molecule has 1 atom stereocenters. The zero-order valence-electron chi connectivity index (χ0n) is 18.0. The van der Waals surface area contributed by atoms with Gasteiger partial charge >= 0.3 is 0 Å². The SMILES string of the molecule is C[N+](C)(C)CCOc1ccc2c(c1)-c1ccc(OCC[N+](C)(C)C)cc1C2O. The predicted octanol–water partition coefficient (Wildman–Crippen LogP) is 2.92. The Morgan fingerprint density at radius 2 is 1.25 bits per heavy atom. The van der Waals surface area contributed by atoms with E-state index in [1.807, 2.05) is 36.4 Å². The van der Waals surface area contributed by atoms with E-state index in [0.717, 1.165) is 55.8 Å². The van der Waals surface area contributed by atoms with E-state index in [4.69, 9.17) is 9.47 Å². The molecule has 0 aliphatic heterocycles. The first-order valence-electron chi connectivity index (χ1n) is 9.86. The summed E-state index contributed by atoms with van der Waals surface area (Å²) in [5.74, 6) is 1.65. The van der Waals surface area contributed by atoms with Crippen LogP contribution in [-0.4, -0.2) is 82.7 Å². The van der Waals surface area contributed by atoms with E-state index in [1.165, 1.54) is 0 Å². The Labute approximate surface area is 168 Å². The van der Waals surface area contributed by atoms with E-state index in [9.17, 15) is 5.11 Å². The maximum atomic E-state index is 10.8. The van der Waals surface area contributed by atoms with E-state index in [1.54, 1.807) is 0 Å². The molecule has 0 amide bonds. The fourth-order valence-electron chi connectivity index (χ4n) is 3.24. The molecule has 5 nitrogen and oxygen atoms in total. The minimum Gasteiger partial charge on any atom is -0.488 e. The quantitative estimate of drug-likeness (QED) is 0.709. The van der Waals surface area contributed by atoms with Crippen molar-refractivity contribution in [3.8, 4) is 22.6 Å². The Morgan fingerprint density at radius 1 is 0.714 bits per heavy atom. The van der Waals surface area contributed by atoms with Crippen LogP contribution in [0.1, 0.15) is 17.2 Å². The van der Waals surface area contributed by atoms with Crippen LogP contribution < -0.4 is 9.47 Å².